The van der Waals surface area contributed by atoms with Crippen LogP contribution >= 0.6 is 27.3 Å². The number of nitrogens with one attached hydrogen (secondary N) is 2. The van der Waals surface area contributed by atoms with Crippen LogP contribution in [0.2, 0.25) is 0 Å². The van der Waals surface area contributed by atoms with Gasteiger partial charge < -0.3 is 5.32 Å². The minimum atomic E-state index is -4.09. The molecule has 8 nitrogen and oxygen atoms in total. The van der Waals surface area contributed by atoms with Gasteiger partial charge in [-0.05, 0) is 28.1 Å². The fourth-order valence-corrected chi connectivity index (χ4v) is 4.02. The van der Waals surface area contributed by atoms with E-state index in [0.717, 1.165) is 17.4 Å². The van der Waals surface area contributed by atoms with Crippen LogP contribution in [0.4, 0.5) is 16.5 Å². The molecular formula is C10H9BrN4O4S2. The van der Waals surface area contributed by atoms with Crippen molar-refractivity contribution in [1.29, 1.82) is 0 Å². The van der Waals surface area contributed by atoms with Gasteiger partial charge in [-0.25, -0.2) is 13.4 Å². The lowest BCUT2D eigenvalue weighted by molar-refractivity contribution is -0.387. The van der Waals surface area contributed by atoms with Gasteiger partial charge in [0, 0.05) is 18.8 Å². The van der Waals surface area contributed by atoms with Crippen LogP contribution in [0.3, 0.4) is 0 Å². The Kier molecular flexibility index (Phi) is 4.44. The number of hydrogen-bond acceptors (Lipinski definition) is 7. The summed E-state index contributed by atoms with van der Waals surface area (Å²) in [6.45, 7) is 0. The molecule has 0 spiro atoms. The van der Waals surface area contributed by atoms with Crippen molar-refractivity contribution in [2.45, 2.75) is 4.90 Å². The van der Waals surface area contributed by atoms with Crippen molar-refractivity contribution in [3.05, 3.63) is 38.3 Å². The molecule has 0 saturated heterocycles. The van der Waals surface area contributed by atoms with Crippen LogP contribution in [0.5, 0.6) is 0 Å². The van der Waals surface area contributed by atoms with Crippen molar-refractivity contribution in [2.24, 2.45) is 0 Å². The van der Waals surface area contributed by atoms with E-state index in [1.54, 1.807) is 7.05 Å². The second-order valence-electron chi connectivity index (χ2n) is 3.76. The smallest absolute Gasteiger partial charge is 0.291 e. The Morgan fingerprint density at radius 3 is 2.67 bits per heavy atom. The lowest BCUT2D eigenvalue weighted by Gasteiger charge is -2.07. The van der Waals surface area contributed by atoms with Gasteiger partial charge in [0.2, 0.25) is 0 Å². The largest absolute Gasteiger partial charge is 0.388 e. The number of sulfonamides is 1. The molecule has 11 heteroatoms. The SMILES string of the molecule is CNc1ccc(S(=O)(=O)Nc2ncc(Br)s2)c([N+](=O)[O-])c1. The standard InChI is InChI=1S/C10H9BrN4O4S2/c1-12-6-2-3-8(7(4-6)15(16)17)21(18,19)14-10-13-5-9(11)20-10/h2-5,12H,1H3,(H,13,14). The Morgan fingerprint density at radius 2 is 2.14 bits per heavy atom. The number of rotatable bonds is 5. The van der Waals surface area contributed by atoms with Crippen molar-refractivity contribution < 1.29 is 13.3 Å². The Balaban J connectivity index is 2.46. The molecule has 0 bridgehead atoms. The van der Waals surface area contributed by atoms with Crippen molar-refractivity contribution in [3.8, 4) is 0 Å². The number of thiazole rings is 1. The number of nitro benzene ring substituents is 1. The normalized spacial score (nSPS) is 11.1. The van der Waals surface area contributed by atoms with Gasteiger partial charge in [-0.2, -0.15) is 0 Å². The number of nitrogens with zero attached hydrogens (tertiary/aromatic N) is 2. The topological polar surface area (TPSA) is 114 Å². The quantitative estimate of drug-likeness (QED) is 0.596. The highest BCUT2D eigenvalue weighted by Crippen LogP contribution is 2.30. The number of aromatic nitrogens is 1. The van der Waals surface area contributed by atoms with Crippen LogP contribution in [-0.2, 0) is 10.0 Å². The second kappa shape index (κ2) is 5.95. The molecule has 0 radical (unpaired) electrons. The number of anilines is 2. The third-order valence-corrected chi connectivity index (χ3v) is 5.34. The number of benzene rings is 1. The van der Waals surface area contributed by atoms with Crippen molar-refractivity contribution >= 4 is 53.8 Å². The first-order valence-corrected chi connectivity index (χ1v) is 8.53. The molecule has 0 aliphatic rings. The van der Waals surface area contributed by atoms with Crippen LogP contribution < -0.4 is 10.0 Å². The van der Waals surface area contributed by atoms with E-state index in [4.69, 9.17) is 0 Å². The van der Waals surface area contributed by atoms with E-state index < -0.39 is 25.5 Å². The first kappa shape index (κ1) is 15.7. The van der Waals surface area contributed by atoms with Gasteiger partial charge in [0.15, 0.2) is 10.0 Å². The molecule has 0 aliphatic carbocycles. The van der Waals surface area contributed by atoms with E-state index in [0.29, 0.717) is 9.47 Å². The monoisotopic (exact) mass is 392 g/mol. The Bertz CT molecular complexity index is 790. The van der Waals surface area contributed by atoms with Gasteiger partial charge in [-0.3, -0.25) is 14.8 Å². The van der Waals surface area contributed by atoms with E-state index in [1.807, 2.05) is 0 Å². The third-order valence-electron chi connectivity index (χ3n) is 2.43. The Morgan fingerprint density at radius 1 is 1.43 bits per heavy atom. The summed E-state index contributed by atoms with van der Waals surface area (Å²) >= 11 is 4.22. The molecule has 1 aromatic heterocycles. The highest BCUT2D eigenvalue weighted by atomic mass is 79.9. The molecule has 0 unspecified atom stereocenters. The second-order valence-corrected chi connectivity index (χ2v) is 7.83. The molecular weight excluding hydrogens is 384 g/mol. The summed E-state index contributed by atoms with van der Waals surface area (Å²) in [5, 5.41) is 13.9. The zero-order valence-electron chi connectivity index (χ0n) is 10.5. The molecule has 0 atom stereocenters. The summed E-state index contributed by atoms with van der Waals surface area (Å²) in [7, 11) is -2.51. The molecule has 21 heavy (non-hydrogen) atoms. The average molecular weight is 393 g/mol. The highest BCUT2D eigenvalue weighted by Gasteiger charge is 2.27. The number of nitro groups is 1. The maximum Gasteiger partial charge on any atom is 0.291 e. The van der Waals surface area contributed by atoms with E-state index in [2.05, 4.69) is 31.0 Å². The maximum atomic E-state index is 12.3. The summed E-state index contributed by atoms with van der Waals surface area (Å²) in [4.78, 5) is 13.7. The van der Waals surface area contributed by atoms with Crippen LogP contribution in [0.25, 0.3) is 0 Å². The fraction of sp³-hybridized carbons (Fsp3) is 0.100. The summed E-state index contributed by atoms with van der Waals surface area (Å²) in [6.07, 6.45) is 1.43. The molecule has 1 aromatic carbocycles. The zero-order chi connectivity index (χ0) is 15.6. The predicted molar refractivity (Wildman–Crippen MR) is 83.3 cm³/mol. The average Bonchev–Trinajstić information content (AvgIpc) is 2.82. The zero-order valence-corrected chi connectivity index (χ0v) is 13.8. The fourth-order valence-electron chi connectivity index (χ4n) is 1.51. The van der Waals surface area contributed by atoms with Crippen LogP contribution in [-0.4, -0.2) is 25.4 Å². The summed E-state index contributed by atoms with van der Waals surface area (Å²) in [6, 6.07) is 3.78. The van der Waals surface area contributed by atoms with E-state index in [1.165, 1.54) is 18.3 Å². The molecule has 112 valence electrons. The minimum absolute atomic E-state index is 0.119. The van der Waals surface area contributed by atoms with Gasteiger partial charge in [0.05, 0.1) is 14.9 Å². The molecule has 0 aliphatic heterocycles. The summed E-state index contributed by atoms with van der Waals surface area (Å²) < 4.78 is 27.4. The maximum absolute atomic E-state index is 12.3. The van der Waals surface area contributed by atoms with Crippen molar-refractivity contribution in [3.63, 3.8) is 0 Å². The van der Waals surface area contributed by atoms with Gasteiger partial charge in [0.1, 0.15) is 0 Å². The van der Waals surface area contributed by atoms with Crippen molar-refractivity contribution in [2.75, 3.05) is 17.1 Å². The van der Waals surface area contributed by atoms with E-state index in [-0.39, 0.29) is 5.13 Å². The first-order valence-electron chi connectivity index (χ1n) is 5.44. The minimum Gasteiger partial charge on any atom is -0.388 e. The molecule has 2 aromatic rings. The Labute approximate surface area is 132 Å². The van der Waals surface area contributed by atoms with E-state index in [9.17, 15) is 18.5 Å². The molecule has 0 fully saturated rings. The van der Waals surface area contributed by atoms with Gasteiger partial charge in [0.25, 0.3) is 15.7 Å². The molecule has 2 N–H and O–H groups in total. The van der Waals surface area contributed by atoms with Crippen molar-refractivity contribution in [1.82, 2.24) is 4.98 Å². The summed E-state index contributed by atoms with van der Waals surface area (Å²) in [5.41, 5.74) is -0.0670. The lowest BCUT2D eigenvalue weighted by Crippen LogP contribution is -2.14. The third kappa shape index (κ3) is 3.49. The first-order chi connectivity index (χ1) is 9.83. The van der Waals surface area contributed by atoms with Gasteiger partial charge >= 0.3 is 0 Å². The highest BCUT2D eigenvalue weighted by molar-refractivity contribution is 9.11. The van der Waals surface area contributed by atoms with Gasteiger partial charge in [-0.15, -0.1) is 0 Å². The van der Waals surface area contributed by atoms with Crippen LogP contribution in [0.15, 0.2) is 33.1 Å². The lowest BCUT2D eigenvalue weighted by atomic mass is 10.3. The summed E-state index contributed by atoms with van der Waals surface area (Å²) in [5.74, 6) is 0. The van der Waals surface area contributed by atoms with Crippen LogP contribution in [0.1, 0.15) is 0 Å². The van der Waals surface area contributed by atoms with Crippen LogP contribution in [0, 0.1) is 10.1 Å². The van der Waals surface area contributed by atoms with E-state index >= 15 is 0 Å². The molecule has 0 saturated carbocycles. The predicted octanol–water partition coefficient (Wildman–Crippen LogP) is 2.66. The molecule has 1 heterocycles. The molecule has 0 amide bonds. The number of halogens is 1. The van der Waals surface area contributed by atoms with Gasteiger partial charge in [-0.1, -0.05) is 11.3 Å². The number of hydrogen-bond donors (Lipinski definition) is 2. The Hall–Kier alpha value is -1.72. The molecule has 2 rings (SSSR count).